The number of aromatic nitrogens is 1. The molecule has 0 aliphatic heterocycles. The lowest BCUT2D eigenvalue weighted by atomic mass is 10.1. The first-order valence-corrected chi connectivity index (χ1v) is 4.95. The van der Waals surface area contributed by atoms with Crippen molar-refractivity contribution < 1.29 is 9.34 Å². The third kappa shape index (κ3) is 1.76. The first-order valence-electron chi connectivity index (χ1n) is 4.95. The Morgan fingerprint density at radius 1 is 1.56 bits per heavy atom. The van der Waals surface area contributed by atoms with Crippen LogP contribution in [0.15, 0.2) is 22.6 Å². The summed E-state index contributed by atoms with van der Waals surface area (Å²) in [6, 6.07) is 6.50. The molecule has 0 unspecified atom stereocenters. The molecule has 0 spiro atoms. The molecule has 0 aliphatic carbocycles. The third-order valence-electron chi connectivity index (χ3n) is 2.41. The van der Waals surface area contributed by atoms with E-state index in [9.17, 15) is 10.1 Å². The van der Waals surface area contributed by atoms with Crippen LogP contribution < -0.4 is 5.73 Å². The number of hydrogen-bond donors (Lipinski definition) is 1. The molecule has 0 bridgehead atoms. The average molecular weight is 244 g/mol. The number of benzene rings is 1. The van der Waals surface area contributed by atoms with Crippen molar-refractivity contribution in [2.75, 3.05) is 5.73 Å². The molecule has 0 radical (unpaired) electrons. The molecule has 2 aromatic rings. The Hall–Kier alpha value is -2.88. The van der Waals surface area contributed by atoms with Gasteiger partial charge in [0.05, 0.1) is 4.92 Å². The Kier molecular flexibility index (Phi) is 2.69. The highest BCUT2D eigenvalue weighted by Crippen LogP contribution is 2.33. The lowest BCUT2D eigenvalue weighted by molar-refractivity contribution is -0.384. The van der Waals surface area contributed by atoms with Gasteiger partial charge in [0.2, 0.25) is 17.5 Å². The van der Waals surface area contributed by atoms with E-state index in [1.54, 1.807) is 25.1 Å². The number of nitro groups is 1. The second kappa shape index (κ2) is 4.18. The Morgan fingerprint density at radius 2 is 2.28 bits per heavy atom. The number of hydrogen-bond acceptors (Lipinski definition) is 6. The number of oxazole rings is 1. The summed E-state index contributed by atoms with van der Waals surface area (Å²) in [5.41, 5.74) is 5.92. The maximum absolute atomic E-state index is 11.0. The minimum atomic E-state index is -0.517. The van der Waals surface area contributed by atoms with Crippen LogP contribution >= 0.6 is 0 Å². The number of nitriles is 1. The van der Waals surface area contributed by atoms with Crippen LogP contribution in [0.1, 0.15) is 11.3 Å². The molecule has 0 atom stereocenters. The van der Waals surface area contributed by atoms with E-state index in [1.807, 2.05) is 0 Å². The van der Waals surface area contributed by atoms with Gasteiger partial charge >= 0.3 is 0 Å². The van der Waals surface area contributed by atoms with Crippen LogP contribution in [0.3, 0.4) is 0 Å². The van der Waals surface area contributed by atoms with Gasteiger partial charge in [-0.05, 0) is 13.0 Å². The van der Waals surface area contributed by atoms with Gasteiger partial charge in [-0.15, -0.1) is 0 Å². The molecule has 0 saturated carbocycles. The molecule has 0 fully saturated rings. The third-order valence-corrected chi connectivity index (χ3v) is 2.41. The Bertz CT molecular complexity index is 669. The number of anilines is 1. The molecule has 2 rings (SSSR count). The molecule has 1 aromatic carbocycles. The Morgan fingerprint density at radius 3 is 2.83 bits per heavy atom. The van der Waals surface area contributed by atoms with Crippen molar-refractivity contribution in [1.29, 1.82) is 5.26 Å². The normalized spacial score (nSPS) is 10.0. The topological polar surface area (TPSA) is 119 Å². The maximum Gasteiger partial charge on any atom is 0.284 e. The number of nitro benzene ring substituents is 1. The maximum atomic E-state index is 11.0. The lowest BCUT2D eigenvalue weighted by Crippen LogP contribution is -1.95. The van der Waals surface area contributed by atoms with Gasteiger partial charge in [0.1, 0.15) is 11.6 Å². The van der Waals surface area contributed by atoms with Crippen molar-refractivity contribution in [2.24, 2.45) is 0 Å². The molecule has 18 heavy (non-hydrogen) atoms. The van der Waals surface area contributed by atoms with Gasteiger partial charge in [-0.25, -0.2) is 0 Å². The van der Waals surface area contributed by atoms with E-state index in [4.69, 9.17) is 15.4 Å². The average Bonchev–Trinajstić information content (AvgIpc) is 2.69. The summed E-state index contributed by atoms with van der Waals surface area (Å²) in [7, 11) is 0. The van der Waals surface area contributed by atoms with Crippen molar-refractivity contribution in [3.63, 3.8) is 0 Å². The first-order chi connectivity index (χ1) is 8.54. The van der Waals surface area contributed by atoms with Crippen LogP contribution in [-0.2, 0) is 0 Å². The zero-order valence-electron chi connectivity index (χ0n) is 9.38. The number of nitrogens with two attached hydrogens (primary N) is 1. The fourth-order valence-corrected chi connectivity index (χ4v) is 1.60. The number of nitrogen functional groups attached to an aromatic ring is 1. The summed E-state index contributed by atoms with van der Waals surface area (Å²) in [6.07, 6.45) is 0. The van der Waals surface area contributed by atoms with Crippen LogP contribution in [0.2, 0.25) is 0 Å². The summed E-state index contributed by atoms with van der Waals surface area (Å²) in [5, 5.41) is 19.7. The van der Waals surface area contributed by atoms with Gasteiger partial charge in [-0.3, -0.25) is 10.1 Å². The SMILES string of the molecule is Cc1cccc(-c2nc(C#N)c(N)o2)c1[N+](=O)[O-]. The molecule has 90 valence electrons. The monoisotopic (exact) mass is 244 g/mol. The molecule has 1 aromatic heterocycles. The van der Waals surface area contributed by atoms with E-state index in [0.29, 0.717) is 5.56 Å². The van der Waals surface area contributed by atoms with Crippen molar-refractivity contribution in [2.45, 2.75) is 6.92 Å². The smallest absolute Gasteiger partial charge is 0.284 e. The fraction of sp³-hybridized carbons (Fsp3) is 0.0909. The summed E-state index contributed by atoms with van der Waals surface area (Å²) in [4.78, 5) is 14.3. The summed E-state index contributed by atoms with van der Waals surface area (Å²) >= 11 is 0. The highest BCUT2D eigenvalue weighted by Gasteiger charge is 2.23. The van der Waals surface area contributed by atoms with Gasteiger partial charge in [0.15, 0.2) is 0 Å². The predicted molar refractivity (Wildman–Crippen MR) is 62.5 cm³/mol. The number of aryl methyl sites for hydroxylation is 1. The predicted octanol–water partition coefficient (Wildman–Crippen LogP) is 2.01. The molecular weight excluding hydrogens is 236 g/mol. The van der Waals surface area contributed by atoms with Gasteiger partial charge in [0.25, 0.3) is 5.69 Å². The second-order valence-electron chi connectivity index (χ2n) is 3.57. The number of nitrogens with zero attached hydrogens (tertiary/aromatic N) is 3. The van der Waals surface area contributed by atoms with Crippen LogP contribution in [0.4, 0.5) is 11.6 Å². The zero-order chi connectivity index (χ0) is 13.3. The Balaban J connectivity index is 2.68. The van der Waals surface area contributed by atoms with E-state index in [-0.39, 0.29) is 28.7 Å². The van der Waals surface area contributed by atoms with Gasteiger partial charge < -0.3 is 10.2 Å². The minimum absolute atomic E-state index is 0.0283. The Labute approximate surface area is 102 Å². The largest absolute Gasteiger partial charge is 0.419 e. The lowest BCUT2D eigenvalue weighted by Gasteiger charge is -2.01. The molecule has 7 heteroatoms. The van der Waals surface area contributed by atoms with E-state index in [1.165, 1.54) is 6.07 Å². The molecule has 0 aliphatic rings. The molecular formula is C11H8N4O3. The van der Waals surface area contributed by atoms with Gasteiger partial charge in [0, 0.05) is 5.56 Å². The van der Waals surface area contributed by atoms with Crippen molar-refractivity contribution in [3.05, 3.63) is 39.6 Å². The second-order valence-corrected chi connectivity index (χ2v) is 3.57. The molecule has 0 amide bonds. The van der Waals surface area contributed by atoms with Crippen molar-refractivity contribution >= 4 is 11.6 Å². The summed E-state index contributed by atoms with van der Waals surface area (Å²) in [5.74, 6) is -0.178. The zero-order valence-corrected chi connectivity index (χ0v) is 9.38. The van der Waals surface area contributed by atoms with Gasteiger partial charge in [-0.1, -0.05) is 12.1 Å². The highest BCUT2D eigenvalue weighted by atomic mass is 16.6. The van der Waals surface area contributed by atoms with Crippen LogP contribution in [0.25, 0.3) is 11.5 Å². The molecule has 2 N–H and O–H groups in total. The number of rotatable bonds is 2. The molecule has 0 saturated heterocycles. The van der Waals surface area contributed by atoms with E-state index >= 15 is 0 Å². The quantitative estimate of drug-likeness (QED) is 0.637. The minimum Gasteiger partial charge on any atom is -0.419 e. The first kappa shape index (κ1) is 11.6. The standard InChI is InChI=1S/C11H8N4O3/c1-6-3-2-4-7(9(6)15(16)17)11-14-8(5-12)10(13)18-11/h2-4H,13H2,1H3. The number of para-hydroxylation sites is 1. The highest BCUT2D eigenvalue weighted by molar-refractivity contribution is 5.70. The van der Waals surface area contributed by atoms with Crippen LogP contribution in [0.5, 0.6) is 0 Å². The van der Waals surface area contributed by atoms with E-state index in [0.717, 1.165) is 0 Å². The fourth-order valence-electron chi connectivity index (χ4n) is 1.60. The van der Waals surface area contributed by atoms with Crippen LogP contribution in [-0.4, -0.2) is 9.91 Å². The van der Waals surface area contributed by atoms with Gasteiger partial charge in [-0.2, -0.15) is 10.2 Å². The summed E-state index contributed by atoms with van der Waals surface area (Å²) in [6.45, 7) is 1.61. The summed E-state index contributed by atoms with van der Waals surface area (Å²) < 4.78 is 5.08. The molecule has 7 nitrogen and oxygen atoms in total. The van der Waals surface area contributed by atoms with E-state index < -0.39 is 4.92 Å². The van der Waals surface area contributed by atoms with Crippen molar-refractivity contribution in [3.8, 4) is 17.5 Å². The van der Waals surface area contributed by atoms with E-state index in [2.05, 4.69) is 4.98 Å². The molecule has 1 heterocycles. The van der Waals surface area contributed by atoms with Crippen molar-refractivity contribution in [1.82, 2.24) is 4.98 Å². The van der Waals surface area contributed by atoms with Crippen LogP contribution in [0, 0.1) is 28.4 Å².